The summed E-state index contributed by atoms with van der Waals surface area (Å²) in [6.07, 6.45) is 6.47. The largest absolute Gasteiger partial charge is 0.463 e. The molecule has 0 bridgehead atoms. The molecule has 0 radical (unpaired) electrons. The molecule has 12 heavy (non-hydrogen) atoms. The van der Waals surface area contributed by atoms with Gasteiger partial charge in [-0.2, -0.15) is 0 Å². The molecule has 2 atom stereocenters. The maximum absolute atomic E-state index is 10.8. The monoisotopic (exact) mass is 166 g/mol. The van der Waals surface area contributed by atoms with E-state index in [4.69, 9.17) is 4.74 Å². The zero-order chi connectivity index (χ0) is 8.97. The van der Waals surface area contributed by atoms with Gasteiger partial charge >= 0.3 is 5.97 Å². The third-order valence-electron chi connectivity index (χ3n) is 1.96. The molecule has 0 N–H and O–H groups in total. The molecule has 0 amide bonds. The Hall–Kier alpha value is -1.05. The van der Waals surface area contributed by atoms with Crippen LogP contribution in [-0.2, 0) is 9.53 Å². The summed E-state index contributed by atoms with van der Waals surface area (Å²) >= 11 is 0. The van der Waals surface area contributed by atoms with E-state index in [-0.39, 0.29) is 5.97 Å². The highest BCUT2D eigenvalue weighted by Crippen LogP contribution is 2.40. The summed E-state index contributed by atoms with van der Waals surface area (Å²) in [4.78, 5) is 10.8. The van der Waals surface area contributed by atoms with Crippen molar-refractivity contribution in [3.8, 4) is 0 Å². The van der Waals surface area contributed by atoms with E-state index in [2.05, 4.69) is 6.58 Å². The standard InChI is InChI=1S/C10H14O2/c1-3-8-7-9(8)5-6-10(11)12-4-2/h3,5-6,8-9H,1,4,7H2,2H3/b6-5+/t8-,9+/m1/s1. The molecule has 66 valence electrons. The summed E-state index contributed by atoms with van der Waals surface area (Å²) < 4.78 is 4.74. The molecule has 0 aromatic heterocycles. The molecule has 0 aromatic rings. The van der Waals surface area contributed by atoms with Crippen molar-refractivity contribution in [1.29, 1.82) is 0 Å². The molecule has 0 spiro atoms. The summed E-state index contributed by atoms with van der Waals surface area (Å²) in [5.41, 5.74) is 0. The molecule has 0 heterocycles. The normalized spacial score (nSPS) is 27.1. The van der Waals surface area contributed by atoms with E-state index in [1.54, 1.807) is 6.92 Å². The van der Waals surface area contributed by atoms with Crippen LogP contribution in [0.1, 0.15) is 13.3 Å². The maximum Gasteiger partial charge on any atom is 0.330 e. The minimum atomic E-state index is -0.243. The molecule has 1 aliphatic carbocycles. The average molecular weight is 166 g/mol. The van der Waals surface area contributed by atoms with E-state index in [9.17, 15) is 4.79 Å². The van der Waals surface area contributed by atoms with Crippen molar-refractivity contribution in [2.45, 2.75) is 13.3 Å². The Morgan fingerprint density at radius 1 is 1.67 bits per heavy atom. The van der Waals surface area contributed by atoms with Crippen LogP contribution in [0.4, 0.5) is 0 Å². The second-order valence-corrected chi connectivity index (χ2v) is 2.91. The smallest absolute Gasteiger partial charge is 0.330 e. The SMILES string of the molecule is C=C[C@@H]1C[C@@H]1/C=C/C(=O)OCC. The van der Waals surface area contributed by atoms with Crippen LogP contribution in [0.5, 0.6) is 0 Å². The number of esters is 1. The molecule has 0 saturated heterocycles. The molecule has 1 aliphatic rings. The van der Waals surface area contributed by atoms with Crippen molar-refractivity contribution in [2.24, 2.45) is 11.8 Å². The molecular formula is C10H14O2. The third kappa shape index (κ3) is 2.53. The van der Waals surface area contributed by atoms with Crippen LogP contribution in [0.2, 0.25) is 0 Å². The maximum atomic E-state index is 10.8. The van der Waals surface area contributed by atoms with Gasteiger partial charge < -0.3 is 4.74 Å². The minimum absolute atomic E-state index is 0.243. The molecule has 0 unspecified atom stereocenters. The molecule has 1 rings (SSSR count). The third-order valence-corrected chi connectivity index (χ3v) is 1.96. The van der Waals surface area contributed by atoms with Gasteiger partial charge in [-0.25, -0.2) is 4.79 Å². The predicted octanol–water partition coefficient (Wildman–Crippen LogP) is 1.93. The first kappa shape index (κ1) is 9.04. The topological polar surface area (TPSA) is 26.3 Å². The van der Waals surface area contributed by atoms with Crippen LogP contribution < -0.4 is 0 Å². The van der Waals surface area contributed by atoms with Crippen molar-refractivity contribution in [2.75, 3.05) is 6.61 Å². The van der Waals surface area contributed by atoms with Gasteiger partial charge in [-0.05, 0) is 25.2 Å². The van der Waals surface area contributed by atoms with Gasteiger partial charge in [-0.3, -0.25) is 0 Å². The van der Waals surface area contributed by atoms with Crippen LogP contribution in [0, 0.1) is 11.8 Å². The number of hydrogen-bond donors (Lipinski definition) is 0. The highest BCUT2D eigenvalue weighted by molar-refractivity contribution is 5.81. The molecule has 0 aliphatic heterocycles. The van der Waals surface area contributed by atoms with Crippen molar-refractivity contribution in [3.63, 3.8) is 0 Å². The number of ether oxygens (including phenoxy) is 1. The van der Waals surface area contributed by atoms with E-state index in [1.807, 2.05) is 12.2 Å². The summed E-state index contributed by atoms with van der Waals surface area (Å²) in [5.74, 6) is 0.856. The van der Waals surface area contributed by atoms with Crippen LogP contribution in [0.3, 0.4) is 0 Å². The van der Waals surface area contributed by atoms with Gasteiger partial charge in [-0.15, -0.1) is 6.58 Å². The van der Waals surface area contributed by atoms with E-state index >= 15 is 0 Å². The van der Waals surface area contributed by atoms with E-state index in [1.165, 1.54) is 6.08 Å². The first-order chi connectivity index (χ1) is 5.77. The molecule has 1 fully saturated rings. The Balaban J connectivity index is 2.22. The van der Waals surface area contributed by atoms with Crippen molar-refractivity contribution in [1.82, 2.24) is 0 Å². The highest BCUT2D eigenvalue weighted by atomic mass is 16.5. The first-order valence-electron chi connectivity index (χ1n) is 4.25. The summed E-state index contributed by atoms with van der Waals surface area (Å²) in [6.45, 7) is 5.93. The lowest BCUT2D eigenvalue weighted by Crippen LogP contribution is -1.98. The molecule has 1 saturated carbocycles. The van der Waals surface area contributed by atoms with Gasteiger partial charge in [0.1, 0.15) is 0 Å². The van der Waals surface area contributed by atoms with Gasteiger partial charge in [0.25, 0.3) is 0 Å². The second kappa shape index (κ2) is 4.10. The lowest BCUT2D eigenvalue weighted by molar-refractivity contribution is -0.137. The lowest BCUT2D eigenvalue weighted by atomic mass is 10.3. The Morgan fingerprint density at radius 2 is 2.42 bits per heavy atom. The second-order valence-electron chi connectivity index (χ2n) is 2.91. The summed E-state index contributed by atoms with van der Waals surface area (Å²) in [6, 6.07) is 0. The van der Waals surface area contributed by atoms with Crippen LogP contribution in [0.15, 0.2) is 24.8 Å². The van der Waals surface area contributed by atoms with Gasteiger partial charge in [0.15, 0.2) is 0 Å². The van der Waals surface area contributed by atoms with Crippen molar-refractivity contribution < 1.29 is 9.53 Å². The molecule has 2 nitrogen and oxygen atoms in total. The molecule has 2 heteroatoms. The van der Waals surface area contributed by atoms with Crippen LogP contribution in [-0.4, -0.2) is 12.6 Å². The van der Waals surface area contributed by atoms with Gasteiger partial charge in [0.05, 0.1) is 6.61 Å². The average Bonchev–Trinajstić information content (AvgIpc) is 2.80. The van der Waals surface area contributed by atoms with Crippen LogP contribution >= 0.6 is 0 Å². The Labute approximate surface area is 72.9 Å². The number of hydrogen-bond acceptors (Lipinski definition) is 2. The Bertz CT molecular complexity index is 206. The lowest BCUT2D eigenvalue weighted by Gasteiger charge is -1.93. The summed E-state index contributed by atoms with van der Waals surface area (Å²) in [7, 11) is 0. The quantitative estimate of drug-likeness (QED) is 0.362. The van der Waals surface area contributed by atoms with E-state index in [0.717, 1.165) is 6.42 Å². The van der Waals surface area contributed by atoms with Gasteiger partial charge in [-0.1, -0.05) is 12.2 Å². The Morgan fingerprint density at radius 3 is 2.92 bits per heavy atom. The fourth-order valence-electron chi connectivity index (χ4n) is 1.12. The number of carbonyl (C=O) groups is 1. The van der Waals surface area contributed by atoms with E-state index < -0.39 is 0 Å². The van der Waals surface area contributed by atoms with E-state index in [0.29, 0.717) is 18.4 Å². The molecule has 0 aromatic carbocycles. The zero-order valence-electron chi connectivity index (χ0n) is 7.32. The number of carbonyl (C=O) groups excluding carboxylic acids is 1. The van der Waals surface area contributed by atoms with Gasteiger partial charge in [0.2, 0.25) is 0 Å². The highest BCUT2D eigenvalue weighted by Gasteiger charge is 2.31. The number of rotatable bonds is 4. The predicted molar refractivity (Wildman–Crippen MR) is 47.6 cm³/mol. The van der Waals surface area contributed by atoms with Crippen molar-refractivity contribution in [3.05, 3.63) is 24.8 Å². The fourth-order valence-corrected chi connectivity index (χ4v) is 1.12. The minimum Gasteiger partial charge on any atom is -0.463 e. The molecular weight excluding hydrogens is 152 g/mol. The Kier molecular flexibility index (Phi) is 3.09. The summed E-state index contributed by atoms with van der Waals surface area (Å²) in [5, 5.41) is 0. The fraction of sp³-hybridized carbons (Fsp3) is 0.500. The van der Waals surface area contributed by atoms with Crippen LogP contribution in [0.25, 0.3) is 0 Å². The zero-order valence-corrected chi connectivity index (χ0v) is 7.32. The van der Waals surface area contributed by atoms with Crippen molar-refractivity contribution >= 4 is 5.97 Å². The van der Waals surface area contributed by atoms with Gasteiger partial charge in [0, 0.05) is 6.08 Å². The number of allylic oxidation sites excluding steroid dienone is 2. The first-order valence-corrected chi connectivity index (χ1v) is 4.25.